The van der Waals surface area contributed by atoms with E-state index in [9.17, 15) is 14.7 Å². The standard InChI is InChI=1S/C29H39NO7/c1-5-34-27(32)20-36-26-15-14-21-10-9-11-23(16-22(21)17-26)30(28(33)37-29(2,3)4)18-24(31)19-35-25-12-7-6-8-13-25/h6-8,12-15,17,23-24,31H,5,9-11,16,18-20H2,1-4H3/t23?,24-/m0/s1. The van der Waals surface area contributed by atoms with Gasteiger partial charge in [0, 0.05) is 6.04 Å². The first-order valence-corrected chi connectivity index (χ1v) is 12.9. The van der Waals surface area contributed by atoms with Crippen molar-refractivity contribution in [2.75, 3.05) is 26.4 Å². The zero-order valence-corrected chi connectivity index (χ0v) is 22.3. The van der Waals surface area contributed by atoms with Gasteiger partial charge >= 0.3 is 12.1 Å². The third-order valence-corrected chi connectivity index (χ3v) is 5.94. The number of amides is 1. The number of ether oxygens (including phenoxy) is 4. The lowest BCUT2D eigenvalue weighted by atomic mass is 10.0. The maximum atomic E-state index is 13.3. The normalized spacial score (nSPS) is 16.1. The van der Waals surface area contributed by atoms with Crippen LogP contribution in [0.4, 0.5) is 4.79 Å². The van der Waals surface area contributed by atoms with E-state index >= 15 is 0 Å². The molecule has 1 aliphatic carbocycles. The summed E-state index contributed by atoms with van der Waals surface area (Å²) >= 11 is 0. The summed E-state index contributed by atoms with van der Waals surface area (Å²) in [5, 5.41) is 10.8. The minimum absolute atomic E-state index is 0.0540. The third-order valence-electron chi connectivity index (χ3n) is 5.94. The molecule has 3 rings (SSSR count). The van der Waals surface area contributed by atoms with Crippen LogP contribution in [0.5, 0.6) is 11.5 Å². The number of carbonyl (C=O) groups is 2. The van der Waals surface area contributed by atoms with Crippen LogP contribution in [0.25, 0.3) is 0 Å². The van der Waals surface area contributed by atoms with Gasteiger partial charge in [-0.05, 0) is 88.8 Å². The topological polar surface area (TPSA) is 94.5 Å². The first-order valence-electron chi connectivity index (χ1n) is 12.9. The molecule has 2 aromatic rings. The highest BCUT2D eigenvalue weighted by Gasteiger charge is 2.32. The summed E-state index contributed by atoms with van der Waals surface area (Å²) in [6.07, 6.45) is 1.74. The molecule has 2 atom stereocenters. The summed E-state index contributed by atoms with van der Waals surface area (Å²) in [5.41, 5.74) is 1.56. The third kappa shape index (κ3) is 9.28. The number of aliphatic hydroxyl groups is 1. The van der Waals surface area contributed by atoms with E-state index in [1.165, 1.54) is 5.56 Å². The smallest absolute Gasteiger partial charge is 0.410 e. The Hall–Kier alpha value is -3.26. The molecule has 0 heterocycles. The predicted molar refractivity (Wildman–Crippen MR) is 140 cm³/mol. The van der Waals surface area contributed by atoms with E-state index in [2.05, 4.69) is 0 Å². The van der Waals surface area contributed by atoms with Gasteiger partial charge in [0.2, 0.25) is 0 Å². The fraction of sp³-hybridized carbons (Fsp3) is 0.517. The van der Waals surface area contributed by atoms with E-state index < -0.39 is 23.8 Å². The Morgan fingerprint density at radius 2 is 1.81 bits per heavy atom. The van der Waals surface area contributed by atoms with Gasteiger partial charge in [-0.25, -0.2) is 9.59 Å². The fourth-order valence-electron chi connectivity index (χ4n) is 4.30. The number of aliphatic hydroxyl groups excluding tert-OH is 1. The van der Waals surface area contributed by atoms with E-state index in [0.717, 1.165) is 24.8 Å². The maximum absolute atomic E-state index is 13.3. The number of nitrogens with zero attached hydrogens (tertiary/aromatic N) is 1. The van der Waals surface area contributed by atoms with Crippen LogP contribution in [0.3, 0.4) is 0 Å². The number of aryl methyl sites for hydroxylation is 1. The van der Waals surface area contributed by atoms with E-state index in [1.807, 2.05) is 69.3 Å². The lowest BCUT2D eigenvalue weighted by Crippen LogP contribution is -2.48. The fourth-order valence-corrected chi connectivity index (χ4v) is 4.30. The van der Waals surface area contributed by atoms with Gasteiger partial charge in [0.05, 0.1) is 13.2 Å². The van der Waals surface area contributed by atoms with Crippen molar-refractivity contribution >= 4 is 12.1 Å². The predicted octanol–water partition coefficient (Wildman–Crippen LogP) is 4.55. The highest BCUT2D eigenvalue weighted by atomic mass is 16.6. The molecule has 0 spiro atoms. The molecule has 1 unspecified atom stereocenters. The Labute approximate surface area is 219 Å². The number of rotatable bonds is 10. The Morgan fingerprint density at radius 1 is 1.05 bits per heavy atom. The number of carbonyl (C=O) groups excluding carboxylic acids is 2. The van der Waals surface area contributed by atoms with Gasteiger partial charge < -0.3 is 29.0 Å². The molecule has 1 N–H and O–H groups in total. The number of hydrogen-bond acceptors (Lipinski definition) is 7. The lowest BCUT2D eigenvalue weighted by molar-refractivity contribution is -0.145. The molecule has 0 aliphatic heterocycles. The largest absolute Gasteiger partial charge is 0.491 e. The van der Waals surface area contributed by atoms with Crippen LogP contribution in [-0.4, -0.2) is 66.2 Å². The van der Waals surface area contributed by atoms with Crippen molar-refractivity contribution in [2.24, 2.45) is 0 Å². The van der Waals surface area contributed by atoms with Gasteiger partial charge in [0.15, 0.2) is 6.61 Å². The number of esters is 1. The summed E-state index contributed by atoms with van der Waals surface area (Å²) in [7, 11) is 0. The lowest BCUT2D eigenvalue weighted by Gasteiger charge is -2.34. The van der Waals surface area contributed by atoms with Gasteiger partial charge in [-0.3, -0.25) is 0 Å². The maximum Gasteiger partial charge on any atom is 0.410 e. The molecule has 1 aliphatic rings. The highest BCUT2D eigenvalue weighted by molar-refractivity contribution is 5.71. The monoisotopic (exact) mass is 513 g/mol. The second-order valence-electron chi connectivity index (χ2n) is 10.2. The zero-order chi connectivity index (χ0) is 26.8. The Kier molecular flexibility index (Phi) is 10.2. The van der Waals surface area contributed by atoms with Crippen molar-refractivity contribution in [2.45, 2.75) is 71.1 Å². The molecule has 0 aromatic heterocycles. The zero-order valence-electron chi connectivity index (χ0n) is 22.3. The van der Waals surface area contributed by atoms with Gasteiger partial charge in [-0.15, -0.1) is 0 Å². The van der Waals surface area contributed by atoms with Crippen molar-refractivity contribution < 1.29 is 33.6 Å². The number of fused-ring (bicyclic) bond motifs is 1. The van der Waals surface area contributed by atoms with Crippen molar-refractivity contribution in [3.63, 3.8) is 0 Å². The second kappa shape index (κ2) is 13.3. The van der Waals surface area contributed by atoms with Crippen LogP contribution >= 0.6 is 0 Å². The van der Waals surface area contributed by atoms with Crippen LogP contribution in [0, 0.1) is 0 Å². The van der Waals surface area contributed by atoms with Crippen LogP contribution in [0.1, 0.15) is 51.7 Å². The molecule has 0 radical (unpaired) electrons. The van der Waals surface area contributed by atoms with Crippen molar-refractivity contribution in [3.8, 4) is 11.5 Å². The van der Waals surface area contributed by atoms with Crippen LogP contribution in [-0.2, 0) is 27.1 Å². The molecule has 0 fully saturated rings. The number of para-hydroxylation sites is 1. The van der Waals surface area contributed by atoms with Gasteiger partial charge in [-0.2, -0.15) is 0 Å². The van der Waals surface area contributed by atoms with Gasteiger partial charge in [-0.1, -0.05) is 24.3 Å². The minimum atomic E-state index is -0.894. The molecule has 202 valence electrons. The summed E-state index contributed by atoms with van der Waals surface area (Å²) in [5.74, 6) is 0.815. The summed E-state index contributed by atoms with van der Waals surface area (Å²) in [4.78, 5) is 26.6. The van der Waals surface area contributed by atoms with Crippen LogP contribution < -0.4 is 9.47 Å². The Morgan fingerprint density at radius 3 is 2.51 bits per heavy atom. The van der Waals surface area contributed by atoms with Gasteiger partial charge in [0.25, 0.3) is 0 Å². The quantitative estimate of drug-likeness (QED) is 0.368. The second-order valence-corrected chi connectivity index (χ2v) is 10.2. The van der Waals surface area contributed by atoms with Crippen molar-refractivity contribution in [3.05, 3.63) is 59.7 Å². The molecular formula is C29H39NO7. The van der Waals surface area contributed by atoms with E-state index in [4.69, 9.17) is 18.9 Å². The van der Waals surface area contributed by atoms with Crippen molar-refractivity contribution in [1.29, 1.82) is 0 Å². The average molecular weight is 514 g/mol. The summed E-state index contributed by atoms with van der Waals surface area (Å²) in [6.45, 7) is 7.51. The molecule has 0 bridgehead atoms. The van der Waals surface area contributed by atoms with E-state index in [-0.39, 0.29) is 25.8 Å². The molecule has 0 saturated carbocycles. The Bertz CT molecular complexity index is 1020. The highest BCUT2D eigenvalue weighted by Crippen LogP contribution is 2.28. The van der Waals surface area contributed by atoms with Crippen LogP contribution in [0.2, 0.25) is 0 Å². The summed E-state index contributed by atoms with van der Waals surface area (Å²) < 4.78 is 22.0. The number of benzene rings is 2. The van der Waals surface area contributed by atoms with Gasteiger partial charge in [0.1, 0.15) is 29.8 Å². The molecular weight excluding hydrogens is 474 g/mol. The molecule has 0 saturated heterocycles. The van der Waals surface area contributed by atoms with E-state index in [0.29, 0.717) is 24.5 Å². The number of hydrogen-bond donors (Lipinski definition) is 1. The molecule has 8 nitrogen and oxygen atoms in total. The molecule has 8 heteroatoms. The van der Waals surface area contributed by atoms with Crippen LogP contribution in [0.15, 0.2) is 48.5 Å². The minimum Gasteiger partial charge on any atom is -0.491 e. The first kappa shape index (κ1) is 28.3. The van der Waals surface area contributed by atoms with E-state index in [1.54, 1.807) is 11.8 Å². The van der Waals surface area contributed by atoms with Crippen molar-refractivity contribution in [1.82, 2.24) is 4.90 Å². The summed E-state index contributed by atoms with van der Waals surface area (Å²) in [6, 6.07) is 14.9. The SMILES string of the molecule is CCOC(=O)COc1ccc2c(c1)CC(N(C[C@H](O)COc1ccccc1)C(=O)OC(C)(C)C)CCC2. The average Bonchev–Trinajstić information content (AvgIpc) is 3.06. The molecule has 1 amide bonds. The Balaban J connectivity index is 1.74. The first-order chi connectivity index (χ1) is 17.6. The molecule has 2 aromatic carbocycles. The molecule has 37 heavy (non-hydrogen) atoms.